The maximum atomic E-state index is 11.3. The van der Waals surface area contributed by atoms with Gasteiger partial charge >= 0.3 is 5.63 Å². The molecule has 0 N–H and O–H groups in total. The average Bonchev–Trinajstić information content (AvgIpc) is 2.81. The highest BCUT2D eigenvalue weighted by Gasteiger charge is 2.10. The molecule has 0 aliphatic carbocycles. The third-order valence-electron chi connectivity index (χ3n) is 3.00. The van der Waals surface area contributed by atoms with Crippen molar-refractivity contribution in [2.45, 2.75) is 0 Å². The summed E-state index contributed by atoms with van der Waals surface area (Å²) < 4.78 is 5.20. The second-order valence-corrected chi connectivity index (χ2v) is 4.15. The number of anilines is 1. The first-order chi connectivity index (χ1) is 8.24. The van der Waals surface area contributed by atoms with Crippen molar-refractivity contribution in [1.82, 2.24) is 0 Å². The molecule has 3 nitrogen and oxygen atoms in total. The van der Waals surface area contributed by atoms with E-state index in [0.29, 0.717) is 11.1 Å². The lowest BCUT2D eigenvalue weighted by Crippen LogP contribution is -2.18. The van der Waals surface area contributed by atoms with Gasteiger partial charge in [-0.2, -0.15) is 0 Å². The number of hydrogen-bond donors (Lipinski definition) is 0. The molecule has 2 aromatic rings. The van der Waals surface area contributed by atoms with E-state index in [0.717, 1.165) is 24.2 Å². The van der Waals surface area contributed by atoms with Gasteiger partial charge in [0, 0.05) is 36.3 Å². The van der Waals surface area contributed by atoms with Crippen LogP contribution in [0.4, 0.5) is 5.69 Å². The van der Waals surface area contributed by atoms with Gasteiger partial charge < -0.3 is 9.32 Å². The molecule has 0 saturated heterocycles. The SMILES string of the molecule is [CH2]c1cc(=O)oc2cc(N3CC=CC3)ccc12. The lowest BCUT2D eigenvalue weighted by Gasteiger charge is -2.17. The van der Waals surface area contributed by atoms with Gasteiger partial charge in [0.05, 0.1) is 0 Å². The molecular weight excluding hydrogens is 214 g/mol. The molecule has 0 bridgehead atoms. The Labute approximate surface area is 99.0 Å². The van der Waals surface area contributed by atoms with Crippen LogP contribution in [0.3, 0.4) is 0 Å². The molecule has 0 fully saturated rings. The molecule has 1 radical (unpaired) electrons. The third kappa shape index (κ3) is 1.73. The Morgan fingerprint density at radius 1 is 1.18 bits per heavy atom. The Balaban J connectivity index is 2.15. The van der Waals surface area contributed by atoms with Crippen LogP contribution < -0.4 is 10.5 Å². The number of hydrogen-bond acceptors (Lipinski definition) is 3. The molecule has 0 atom stereocenters. The molecule has 3 heteroatoms. The second kappa shape index (κ2) is 3.77. The van der Waals surface area contributed by atoms with Gasteiger partial charge in [-0.1, -0.05) is 12.2 Å². The van der Waals surface area contributed by atoms with E-state index < -0.39 is 0 Å². The Morgan fingerprint density at radius 2 is 1.94 bits per heavy atom. The van der Waals surface area contributed by atoms with Crippen molar-refractivity contribution in [3.05, 3.63) is 59.3 Å². The maximum absolute atomic E-state index is 11.3. The fourth-order valence-corrected chi connectivity index (χ4v) is 2.10. The van der Waals surface area contributed by atoms with Crippen molar-refractivity contribution < 1.29 is 4.42 Å². The fraction of sp³-hybridized carbons (Fsp3) is 0.143. The largest absolute Gasteiger partial charge is 0.423 e. The molecule has 3 rings (SSSR count). The molecule has 2 heterocycles. The van der Waals surface area contributed by atoms with Crippen LogP contribution in [0.25, 0.3) is 11.0 Å². The Morgan fingerprint density at radius 3 is 2.71 bits per heavy atom. The molecule has 1 aliphatic rings. The summed E-state index contributed by atoms with van der Waals surface area (Å²) in [5.74, 6) is 0. The minimum atomic E-state index is -0.348. The standard InChI is InChI=1S/C14H12NO2/c1-10-8-14(16)17-13-9-11(4-5-12(10)13)15-6-2-3-7-15/h2-5,8-9H,1,6-7H2. The van der Waals surface area contributed by atoms with Crippen LogP contribution in [0.5, 0.6) is 0 Å². The topological polar surface area (TPSA) is 33.5 Å². The number of nitrogens with zero attached hydrogens (tertiary/aromatic N) is 1. The van der Waals surface area contributed by atoms with Crippen LogP contribution in [0.1, 0.15) is 5.56 Å². The molecule has 0 spiro atoms. The van der Waals surface area contributed by atoms with Gasteiger partial charge in [-0.15, -0.1) is 0 Å². The Kier molecular flexibility index (Phi) is 2.25. The predicted octanol–water partition coefficient (Wildman–Crippen LogP) is 2.35. The average molecular weight is 226 g/mol. The molecule has 1 aromatic heterocycles. The second-order valence-electron chi connectivity index (χ2n) is 4.15. The van der Waals surface area contributed by atoms with Crippen LogP contribution in [0, 0.1) is 6.92 Å². The van der Waals surface area contributed by atoms with E-state index in [-0.39, 0.29) is 5.63 Å². The van der Waals surface area contributed by atoms with Gasteiger partial charge in [0.15, 0.2) is 0 Å². The van der Waals surface area contributed by atoms with Crippen molar-refractivity contribution in [1.29, 1.82) is 0 Å². The summed E-state index contributed by atoms with van der Waals surface area (Å²) in [7, 11) is 0. The highest BCUT2D eigenvalue weighted by molar-refractivity contribution is 5.84. The molecule has 17 heavy (non-hydrogen) atoms. The van der Waals surface area contributed by atoms with Gasteiger partial charge in [-0.05, 0) is 24.6 Å². The lowest BCUT2D eigenvalue weighted by molar-refractivity contribution is 0.560. The quantitative estimate of drug-likeness (QED) is 0.553. The highest BCUT2D eigenvalue weighted by Crippen LogP contribution is 2.24. The highest BCUT2D eigenvalue weighted by atomic mass is 16.4. The van der Waals surface area contributed by atoms with Gasteiger partial charge in [0.1, 0.15) is 5.58 Å². The van der Waals surface area contributed by atoms with Crippen molar-refractivity contribution in [3.8, 4) is 0 Å². The van der Waals surface area contributed by atoms with E-state index >= 15 is 0 Å². The van der Waals surface area contributed by atoms with Crippen LogP contribution in [-0.2, 0) is 0 Å². The summed E-state index contributed by atoms with van der Waals surface area (Å²) >= 11 is 0. The first-order valence-electron chi connectivity index (χ1n) is 5.54. The molecule has 0 saturated carbocycles. The van der Waals surface area contributed by atoms with E-state index in [1.54, 1.807) is 0 Å². The van der Waals surface area contributed by atoms with E-state index in [4.69, 9.17) is 4.42 Å². The first-order valence-corrected chi connectivity index (χ1v) is 5.54. The van der Waals surface area contributed by atoms with Gasteiger partial charge in [0.25, 0.3) is 0 Å². The molecule has 0 unspecified atom stereocenters. The Hall–Kier alpha value is -2.03. The minimum absolute atomic E-state index is 0.348. The zero-order valence-corrected chi connectivity index (χ0v) is 9.35. The van der Waals surface area contributed by atoms with E-state index in [1.165, 1.54) is 6.07 Å². The normalized spacial score (nSPS) is 14.8. The summed E-state index contributed by atoms with van der Waals surface area (Å²) in [5.41, 5.74) is 2.03. The van der Waals surface area contributed by atoms with Crippen molar-refractivity contribution in [2.75, 3.05) is 18.0 Å². The first kappa shape index (κ1) is 10.1. The minimum Gasteiger partial charge on any atom is -0.423 e. The van der Waals surface area contributed by atoms with Gasteiger partial charge in [-0.3, -0.25) is 0 Å². The summed E-state index contributed by atoms with van der Waals surface area (Å²) in [6.07, 6.45) is 4.25. The van der Waals surface area contributed by atoms with Crippen molar-refractivity contribution in [3.63, 3.8) is 0 Å². The van der Waals surface area contributed by atoms with Crippen molar-refractivity contribution >= 4 is 16.7 Å². The molecule has 1 aliphatic heterocycles. The zero-order valence-electron chi connectivity index (χ0n) is 9.35. The summed E-state index contributed by atoms with van der Waals surface area (Å²) in [6.45, 7) is 5.66. The molecular formula is C14H12NO2. The smallest absolute Gasteiger partial charge is 0.336 e. The summed E-state index contributed by atoms with van der Waals surface area (Å²) in [5, 5.41) is 0.889. The summed E-state index contributed by atoms with van der Waals surface area (Å²) in [6, 6.07) is 7.30. The number of rotatable bonds is 1. The number of benzene rings is 1. The van der Waals surface area contributed by atoms with E-state index in [9.17, 15) is 4.79 Å². The summed E-state index contributed by atoms with van der Waals surface area (Å²) in [4.78, 5) is 13.5. The van der Waals surface area contributed by atoms with Gasteiger partial charge in [-0.25, -0.2) is 4.79 Å². The van der Waals surface area contributed by atoms with Crippen LogP contribution in [0.2, 0.25) is 0 Å². The van der Waals surface area contributed by atoms with Crippen LogP contribution >= 0.6 is 0 Å². The third-order valence-corrected chi connectivity index (χ3v) is 3.00. The predicted molar refractivity (Wildman–Crippen MR) is 68.3 cm³/mol. The van der Waals surface area contributed by atoms with E-state index in [2.05, 4.69) is 24.0 Å². The molecule has 1 aromatic carbocycles. The van der Waals surface area contributed by atoms with Crippen LogP contribution in [-0.4, -0.2) is 13.1 Å². The fourth-order valence-electron chi connectivity index (χ4n) is 2.10. The van der Waals surface area contributed by atoms with Crippen molar-refractivity contribution in [2.24, 2.45) is 0 Å². The molecule has 0 amide bonds. The van der Waals surface area contributed by atoms with E-state index in [1.807, 2.05) is 18.2 Å². The monoisotopic (exact) mass is 226 g/mol. The Bertz CT molecular complexity index is 647. The lowest BCUT2D eigenvalue weighted by atomic mass is 10.1. The van der Waals surface area contributed by atoms with Gasteiger partial charge in [0.2, 0.25) is 0 Å². The zero-order chi connectivity index (χ0) is 11.8. The number of fused-ring (bicyclic) bond motifs is 1. The molecule has 85 valence electrons. The van der Waals surface area contributed by atoms with Crippen LogP contribution in [0.15, 0.2) is 45.6 Å². The maximum Gasteiger partial charge on any atom is 0.336 e.